The van der Waals surface area contributed by atoms with E-state index in [4.69, 9.17) is 9.26 Å². The van der Waals surface area contributed by atoms with Gasteiger partial charge in [0.1, 0.15) is 0 Å². The zero-order valence-electron chi connectivity index (χ0n) is 13.9. The zero-order chi connectivity index (χ0) is 18.2. The Morgan fingerprint density at radius 2 is 1.80 bits per heavy atom. The minimum absolute atomic E-state index is 0.0317. The van der Waals surface area contributed by atoms with Crippen molar-refractivity contribution < 1.29 is 22.5 Å². The summed E-state index contributed by atoms with van der Waals surface area (Å²) in [5.41, 5.74) is 1.51. The number of methoxy groups -OCH3 is 1. The Morgan fingerprint density at radius 3 is 2.44 bits per heavy atom. The van der Waals surface area contributed by atoms with E-state index < -0.39 is 16.0 Å². The molecule has 0 radical (unpaired) electrons. The molecule has 0 saturated heterocycles. The van der Waals surface area contributed by atoms with Crippen molar-refractivity contribution >= 4 is 32.6 Å². The largest absolute Gasteiger partial charge is 0.465 e. The molecule has 1 heterocycles. The van der Waals surface area contributed by atoms with Gasteiger partial charge in [0, 0.05) is 10.9 Å². The second kappa shape index (κ2) is 6.21. The van der Waals surface area contributed by atoms with Crippen LogP contribution in [0, 0.1) is 13.8 Å². The quantitative estimate of drug-likeness (QED) is 0.718. The summed E-state index contributed by atoms with van der Waals surface area (Å²) in [5.74, 6) is -0.464. The van der Waals surface area contributed by atoms with E-state index in [0.29, 0.717) is 27.6 Å². The zero-order valence-corrected chi connectivity index (χ0v) is 14.7. The van der Waals surface area contributed by atoms with Gasteiger partial charge in [0.25, 0.3) is 10.0 Å². The molecule has 0 fully saturated rings. The van der Waals surface area contributed by atoms with Gasteiger partial charge in [-0.15, -0.1) is 0 Å². The van der Waals surface area contributed by atoms with Crippen LogP contribution in [-0.4, -0.2) is 26.7 Å². The highest BCUT2D eigenvalue weighted by Crippen LogP contribution is 2.29. The standard InChI is InChI=1S/C17H16N2O5S/c1-10-11(2)18-24-16(10)19-25(21,22)15-9-5-6-12-13(15)7-4-8-14(12)17(20)23-3/h4-9,19H,1-3H3. The molecule has 1 N–H and O–H groups in total. The number of fused-ring (bicyclic) bond motifs is 1. The van der Waals surface area contributed by atoms with Gasteiger partial charge in [-0.05, 0) is 31.4 Å². The third-order valence-corrected chi connectivity index (χ3v) is 5.35. The van der Waals surface area contributed by atoms with Crippen LogP contribution in [0.25, 0.3) is 10.8 Å². The molecule has 2 aromatic carbocycles. The lowest BCUT2D eigenvalue weighted by Gasteiger charge is -2.11. The summed E-state index contributed by atoms with van der Waals surface area (Å²) in [6, 6.07) is 9.53. The Labute approximate surface area is 144 Å². The fraction of sp³-hybridized carbons (Fsp3) is 0.176. The summed E-state index contributed by atoms with van der Waals surface area (Å²) in [6.07, 6.45) is 0. The number of anilines is 1. The van der Waals surface area contributed by atoms with Crippen molar-refractivity contribution in [2.75, 3.05) is 11.8 Å². The van der Waals surface area contributed by atoms with Crippen LogP contribution in [-0.2, 0) is 14.8 Å². The average molecular weight is 360 g/mol. The first-order chi connectivity index (χ1) is 11.8. The molecule has 0 aliphatic carbocycles. The first-order valence-corrected chi connectivity index (χ1v) is 8.89. The van der Waals surface area contributed by atoms with Crippen molar-refractivity contribution in [1.82, 2.24) is 5.16 Å². The highest BCUT2D eigenvalue weighted by atomic mass is 32.2. The lowest BCUT2D eigenvalue weighted by atomic mass is 10.0. The molecule has 0 atom stereocenters. The van der Waals surface area contributed by atoms with Gasteiger partial charge in [0.05, 0.1) is 23.3 Å². The predicted molar refractivity (Wildman–Crippen MR) is 92.1 cm³/mol. The number of hydrogen-bond acceptors (Lipinski definition) is 6. The maximum Gasteiger partial charge on any atom is 0.338 e. The molecule has 25 heavy (non-hydrogen) atoms. The number of aryl methyl sites for hydroxylation is 1. The fourth-order valence-corrected chi connectivity index (χ4v) is 3.76. The van der Waals surface area contributed by atoms with Gasteiger partial charge < -0.3 is 9.26 Å². The topological polar surface area (TPSA) is 98.5 Å². The van der Waals surface area contributed by atoms with Crippen LogP contribution in [0.5, 0.6) is 0 Å². The smallest absolute Gasteiger partial charge is 0.338 e. The Bertz CT molecular complexity index is 1070. The minimum atomic E-state index is -3.93. The number of benzene rings is 2. The number of nitrogens with zero attached hydrogens (tertiary/aromatic N) is 1. The number of hydrogen-bond donors (Lipinski definition) is 1. The summed E-state index contributed by atoms with van der Waals surface area (Å²) in [7, 11) is -2.66. The number of nitrogens with one attached hydrogen (secondary N) is 1. The maximum atomic E-state index is 12.8. The number of ether oxygens (including phenoxy) is 1. The number of carbonyl (C=O) groups excluding carboxylic acids is 1. The van der Waals surface area contributed by atoms with E-state index in [9.17, 15) is 13.2 Å². The van der Waals surface area contributed by atoms with Crippen LogP contribution in [0.15, 0.2) is 45.8 Å². The Hall–Kier alpha value is -2.87. The van der Waals surface area contributed by atoms with Crippen molar-refractivity contribution in [1.29, 1.82) is 0 Å². The molecule has 0 unspecified atom stereocenters. The minimum Gasteiger partial charge on any atom is -0.465 e. The van der Waals surface area contributed by atoms with Crippen LogP contribution in [0.3, 0.4) is 0 Å². The third kappa shape index (κ3) is 2.96. The average Bonchev–Trinajstić information content (AvgIpc) is 2.91. The normalized spacial score (nSPS) is 11.5. The number of carbonyl (C=O) groups is 1. The molecule has 0 aliphatic rings. The van der Waals surface area contributed by atoms with Gasteiger partial charge in [-0.3, -0.25) is 0 Å². The molecule has 1 aromatic heterocycles. The molecule has 0 saturated carbocycles. The molecule has 7 nitrogen and oxygen atoms in total. The summed E-state index contributed by atoms with van der Waals surface area (Å²) >= 11 is 0. The Kier molecular flexibility index (Phi) is 4.22. The highest BCUT2D eigenvalue weighted by Gasteiger charge is 2.22. The van der Waals surface area contributed by atoms with Crippen molar-refractivity contribution in [3.63, 3.8) is 0 Å². The van der Waals surface area contributed by atoms with E-state index in [-0.39, 0.29) is 10.8 Å². The van der Waals surface area contributed by atoms with Gasteiger partial charge in [-0.2, -0.15) is 0 Å². The number of sulfonamides is 1. The number of aromatic nitrogens is 1. The molecule has 130 valence electrons. The molecule has 0 spiro atoms. The number of esters is 1. The van der Waals surface area contributed by atoms with Gasteiger partial charge in [-0.1, -0.05) is 29.4 Å². The molecule has 0 amide bonds. The monoisotopic (exact) mass is 360 g/mol. The summed E-state index contributed by atoms with van der Waals surface area (Å²) in [4.78, 5) is 11.9. The van der Waals surface area contributed by atoms with E-state index in [1.807, 2.05) is 0 Å². The van der Waals surface area contributed by atoms with Gasteiger partial charge in [-0.25, -0.2) is 17.9 Å². The first-order valence-electron chi connectivity index (χ1n) is 7.41. The second-order valence-corrected chi connectivity index (χ2v) is 7.13. The molecule has 3 rings (SSSR count). The van der Waals surface area contributed by atoms with E-state index >= 15 is 0 Å². The molecular formula is C17H16N2O5S. The lowest BCUT2D eigenvalue weighted by Crippen LogP contribution is -2.14. The van der Waals surface area contributed by atoms with Crippen LogP contribution in [0.2, 0.25) is 0 Å². The Balaban J connectivity index is 2.15. The molecule has 8 heteroatoms. The summed E-state index contributed by atoms with van der Waals surface area (Å²) in [6.45, 7) is 3.43. The molecular weight excluding hydrogens is 344 g/mol. The van der Waals surface area contributed by atoms with E-state index in [1.165, 1.54) is 13.2 Å². The van der Waals surface area contributed by atoms with E-state index in [1.54, 1.807) is 44.2 Å². The van der Waals surface area contributed by atoms with Gasteiger partial charge in [0.15, 0.2) is 0 Å². The first kappa shape index (κ1) is 17.0. The van der Waals surface area contributed by atoms with Crippen LogP contribution < -0.4 is 4.72 Å². The van der Waals surface area contributed by atoms with E-state index in [2.05, 4.69) is 9.88 Å². The maximum absolute atomic E-state index is 12.8. The van der Waals surface area contributed by atoms with Crippen LogP contribution in [0.1, 0.15) is 21.6 Å². The van der Waals surface area contributed by atoms with Crippen LogP contribution >= 0.6 is 0 Å². The van der Waals surface area contributed by atoms with Crippen LogP contribution in [0.4, 0.5) is 5.88 Å². The van der Waals surface area contributed by atoms with Gasteiger partial charge in [0.2, 0.25) is 5.88 Å². The SMILES string of the molecule is COC(=O)c1cccc2c(S(=O)(=O)Nc3onc(C)c3C)cccc12. The van der Waals surface area contributed by atoms with E-state index in [0.717, 1.165) is 0 Å². The lowest BCUT2D eigenvalue weighted by molar-refractivity contribution is 0.0603. The van der Waals surface area contributed by atoms with Crippen molar-refractivity contribution in [3.05, 3.63) is 53.2 Å². The van der Waals surface area contributed by atoms with Gasteiger partial charge >= 0.3 is 5.97 Å². The Morgan fingerprint density at radius 1 is 1.12 bits per heavy atom. The van der Waals surface area contributed by atoms with Crippen molar-refractivity contribution in [3.8, 4) is 0 Å². The molecule has 0 bridgehead atoms. The van der Waals surface area contributed by atoms with Crippen molar-refractivity contribution in [2.24, 2.45) is 0 Å². The molecule has 3 aromatic rings. The third-order valence-electron chi connectivity index (χ3n) is 3.96. The molecule has 0 aliphatic heterocycles. The predicted octanol–water partition coefficient (Wildman–Crippen LogP) is 3.03. The van der Waals surface area contributed by atoms with Crippen molar-refractivity contribution in [2.45, 2.75) is 18.7 Å². The second-order valence-electron chi connectivity index (χ2n) is 5.48. The number of rotatable bonds is 4. The summed E-state index contributed by atoms with van der Waals surface area (Å²) < 4.78 is 37.8. The fourth-order valence-electron chi connectivity index (χ4n) is 2.49. The summed E-state index contributed by atoms with van der Waals surface area (Å²) in [5, 5.41) is 4.64. The highest BCUT2D eigenvalue weighted by molar-refractivity contribution is 7.93.